The average Bonchev–Trinajstić information content (AvgIpc) is 2.32. The fourth-order valence-corrected chi connectivity index (χ4v) is 1.69. The van der Waals surface area contributed by atoms with Crippen molar-refractivity contribution in [2.75, 3.05) is 6.54 Å². The Balaban J connectivity index is 0.00000106. The number of rotatable bonds is 6. The Kier molecular flexibility index (Phi) is 10.1. The molecule has 0 aliphatic rings. The summed E-state index contributed by atoms with van der Waals surface area (Å²) in [5.41, 5.74) is 8.28. The van der Waals surface area contributed by atoms with E-state index < -0.39 is 0 Å². The van der Waals surface area contributed by atoms with E-state index in [9.17, 15) is 0 Å². The quantitative estimate of drug-likeness (QED) is 0.720. The highest BCUT2D eigenvalue weighted by atomic mass is 14.5. The summed E-state index contributed by atoms with van der Waals surface area (Å²) in [5.74, 6) is 0. The van der Waals surface area contributed by atoms with Crippen LogP contribution in [0.2, 0.25) is 0 Å². The van der Waals surface area contributed by atoms with E-state index >= 15 is 0 Å². The minimum absolute atomic E-state index is 0.838. The van der Waals surface area contributed by atoms with Gasteiger partial charge < -0.3 is 5.73 Å². The Hall–Kier alpha value is -0.820. The van der Waals surface area contributed by atoms with Crippen LogP contribution in [0, 0.1) is 6.92 Å². The fraction of sp³-hybridized carbons (Fsp3) is 0.600. The van der Waals surface area contributed by atoms with Gasteiger partial charge in [-0.05, 0) is 38.3 Å². The molecule has 0 unspecified atom stereocenters. The third kappa shape index (κ3) is 7.47. The van der Waals surface area contributed by atoms with Crippen LogP contribution in [-0.4, -0.2) is 6.54 Å². The van der Waals surface area contributed by atoms with Gasteiger partial charge >= 0.3 is 0 Å². The summed E-state index contributed by atoms with van der Waals surface area (Å²) in [6.45, 7) is 6.99. The number of hydrogen-bond acceptors (Lipinski definition) is 1. The lowest BCUT2D eigenvalue weighted by atomic mass is 10.0. The molecule has 1 heteroatoms. The number of benzene rings is 1. The maximum Gasteiger partial charge on any atom is -0.00773 e. The van der Waals surface area contributed by atoms with Crippen molar-refractivity contribution in [2.24, 2.45) is 5.73 Å². The van der Waals surface area contributed by atoms with Gasteiger partial charge in [0.05, 0.1) is 0 Å². The summed E-state index contributed by atoms with van der Waals surface area (Å²) in [6.07, 6.45) is 6.27. The molecule has 0 bridgehead atoms. The maximum atomic E-state index is 5.44. The molecule has 0 aliphatic carbocycles. The first kappa shape index (κ1) is 15.2. The van der Waals surface area contributed by atoms with E-state index in [1.807, 2.05) is 13.8 Å². The predicted molar refractivity (Wildman–Crippen MR) is 73.8 cm³/mol. The first-order chi connectivity index (χ1) is 7.83. The third-order valence-electron chi connectivity index (χ3n) is 2.50. The number of hydrogen-bond donors (Lipinski definition) is 1. The summed E-state index contributed by atoms with van der Waals surface area (Å²) in [5, 5.41) is 0. The van der Waals surface area contributed by atoms with Crippen LogP contribution in [0.5, 0.6) is 0 Å². The van der Waals surface area contributed by atoms with Crippen LogP contribution in [0.3, 0.4) is 0 Å². The summed E-state index contributed by atoms with van der Waals surface area (Å²) >= 11 is 0. The number of nitrogens with two attached hydrogens (primary N) is 1. The van der Waals surface area contributed by atoms with Crippen molar-refractivity contribution in [3.63, 3.8) is 0 Å². The van der Waals surface area contributed by atoms with Crippen LogP contribution in [0.1, 0.15) is 50.7 Å². The molecular weight excluding hydrogens is 194 g/mol. The normalized spacial score (nSPS) is 9.50. The minimum Gasteiger partial charge on any atom is -0.330 e. The molecule has 0 aliphatic heterocycles. The van der Waals surface area contributed by atoms with Gasteiger partial charge in [-0.3, -0.25) is 0 Å². The van der Waals surface area contributed by atoms with Crippen molar-refractivity contribution in [3.05, 3.63) is 35.4 Å². The smallest absolute Gasteiger partial charge is 0.00773 e. The summed E-state index contributed by atoms with van der Waals surface area (Å²) in [7, 11) is 0. The second-order valence-electron chi connectivity index (χ2n) is 3.94. The maximum absolute atomic E-state index is 5.44. The first-order valence-electron chi connectivity index (χ1n) is 6.58. The Bertz CT molecular complexity index is 255. The minimum atomic E-state index is 0.838. The standard InChI is InChI=1S/C13H21N.C2H6/c1-12-7-6-9-13(11-12)8-4-2-3-5-10-14;1-2/h6-7,9,11H,2-5,8,10,14H2,1H3;1-2H3. The SMILES string of the molecule is CC.Cc1cccc(CCCCCCN)c1. The Morgan fingerprint density at radius 3 is 2.31 bits per heavy atom. The van der Waals surface area contributed by atoms with Crippen LogP contribution < -0.4 is 5.73 Å². The Morgan fingerprint density at radius 1 is 1.00 bits per heavy atom. The second kappa shape index (κ2) is 10.7. The molecule has 0 aromatic heterocycles. The first-order valence-corrected chi connectivity index (χ1v) is 6.58. The molecule has 0 radical (unpaired) electrons. The zero-order chi connectivity index (χ0) is 12.2. The van der Waals surface area contributed by atoms with Crippen LogP contribution >= 0.6 is 0 Å². The molecule has 0 heterocycles. The summed E-state index contributed by atoms with van der Waals surface area (Å²) < 4.78 is 0. The number of unbranched alkanes of at least 4 members (excludes halogenated alkanes) is 3. The van der Waals surface area contributed by atoms with Crippen molar-refractivity contribution >= 4 is 0 Å². The van der Waals surface area contributed by atoms with Gasteiger partial charge in [-0.25, -0.2) is 0 Å². The zero-order valence-electron chi connectivity index (χ0n) is 11.1. The fourth-order valence-electron chi connectivity index (χ4n) is 1.69. The number of aryl methyl sites for hydroxylation is 2. The average molecular weight is 221 g/mol. The van der Waals surface area contributed by atoms with E-state index in [1.54, 1.807) is 0 Å². The van der Waals surface area contributed by atoms with Crippen molar-refractivity contribution in [1.82, 2.24) is 0 Å². The van der Waals surface area contributed by atoms with E-state index in [-0.39, 0.29) is 0 Å². The van der Waals surface area contributed by atoms with Gasteiger partial charge in [0.15, 0.2) is 0 Å². The van der Waals surface area contributed by atoms with Gasteiger partial charge in [-0.1, -0.05) is 56.5 Å². The topological polar surface area (TPSA) is 26.0 Å². The van der Waals surface area contributed by atoms with Crippen molar-refractivity contribution in [2.45, 2.75) is 52.9 Å². The van der Waals surface area contributed by atoms with Gasteiger partial charge in [0.1, 0.15) is 0 Å². The molecule has 0 fully saturated rings. The largest absolute Gasteiger partial charge is 0.330 e. The molecule has 1 aromatic rings. The molecule has 1 rings (SSSR count). The van der Waals surface area contributed by atoms with E-state index in [2.05, 4.69) is 31.2 Å². The van der Waals surface area contributed by atoms with Crippen LogP contribution in [0.25, 0.3) is 0 Å². The lowest BCUT2D eigenvalue weighted by molar-refractivity contribution is 0.646. The highest BCUT2D eigenvalue weighted by Crippen LogP contribution is 2.09. The van der Waals surface area contributed by atoms with E-state index in [0.29, 0.717) is 0 Å². The Morgan fingerprint density at radius 2 is 1.69 bits per heavy atom. The molecule has 1 nitrogen and oxygen atoms in total. The van der Waals surface area contributed by atoms with E-state index in [0.717, 1.165) is 6.54 Å². The van der Waals surface area contributed by atoms with Crippen molar-refractivity contribution in [1.29, 1.82) is 0 Å². The van der Waals surface area contributed by atoms with Crippen molar-refractivity contribution in [3.8, 4) is 0 Å². The second-order valence-corrected chi connectivity index (χ2v) is 3.94. The van der Waals surface area contributed by atoms with Crippen LogP contribution in [0.4, 0.5) is 0 Å². The molecule has 0 spiro atoms. The lowest BCUT2D eigenvalue weighted by Crippen LogP contribution is -1.97. The molecule has 0 saturated carbocycles. The summed E-state index contributed by atoms with van der Waals surface area (Å²) in [4.78, 5) is 0. The Labute approximate surface area is 101 Å². The zero-order valence-corrected chi connectivity index (χ0v) is 11.1. The lowest BCUT2D eigenvalue weighted by Gasteiger charge is -2.02. The van der Waals surface area contributed by atoms with Gasteiger partial charge in [0.25, 0.3) is 0 Å². The van der Waals surface area contributed by atoms with Crippen LogP contribution in [-0.2, 0) is 6.42 Å². The van der Waals surface area contributed by atoms with Crippen LogP contribution in [0.15, 0.2) is 24.3 Å². The molecule has 1 aromatic carbocycles. The highest BCUT2D eigenvalue weighted by molar-refractivity contribution is 5.22. The highest BCUT2D eigenvalue weighted by Gasteiger charge is 1.93. The molecule has 0 saturated heterocycles. The van der Waals surface area contributed by atoms with Gasteiger partial charge in [-0.2, -0.15) is 0 Å². The molecule has 0 atom stereocenters. The third-order valence-corrected chi connectivity index (χ3v) is 2.50. The monoisotopic (exact) mass is 221 g/mol. The van der Waals surface area contributed by atoms with E-state index in [4.69, 9.17) is 5.73 Å². The van der Waals surface area contributed by atoms with Gasteiger partial charge in [0.2, 0.25) is 0 Å². The molecular formula is C15H27N. The summed E-state index contributed by atoms with van der Waals surface area (Å²) in [6, 6.07) is 8.79. The predicted octanol–water partition coefficient (Wildman–Crippen LogP) is 4.08. The van der Waals surface area contributed by atoms with Gasteiger partial charge in [-0.15, -0.1) is 0 Å². The van der Waals surface area contributed by atoms with Crippen molar-refractivity contribution < 1.29 is 0 Å². The molecule has 0 amide bonds. The van der Waals surface area contributed by atoms with Gasteiger partial charge in [0, 0.05) is 0 Å². The molecule has 2 N–H and O–H groups in total. The molecule has 92 valence electrons. The van der Waals surface area contributed by atoms with E-state index in [1.165, 1.54) is 43.2 Å². The molecule has 16 heavy (non-hydrogen) atoms.